The van der Waals surface area contributed by atoms with Gasteiger partial charge in [0, 0.05) is 29.1 Å². The Morgan fingerprint density at radius 1 is 1.21 bits per heavy atom. The van der Waals surface area contributed by atoms with Gasteiger partial charge >= 0.3 is 0 Å². The summed E-state index contributed by atoms with van der Waals surface area (Å²) in [5.74, 6) is -10.3. The zero-order chi connectivity index (χ0) is 28.5. The third-order valence-corrected chi connectivity index (χ3v) is 8.10. The number of rotatable bonds is 5. The molecular formula is C27H35N3O8. The van der Waals surface area contributed by atoms with Crippen molar-refractivity contribution in [2.75, 3.05) is 21.2 Å². The van der Waals surface area contributed by atoms with Crippen LogP contribution in [0.25, 0.3) is 0 Å². The Balaban J connectivity index is 1.84. The van der Waals surface area contributed by atoms with Crippen molar-refractivity contribution in [3.05, 3.63) is 22.8 Å². The first-order valence-electron chi connectivity index (χ1n) is 12.6. The Bertz CT molecular complexity index is 1250. The highest BCUT2D eigenvalue weighted by Crippen LogP contribution is 2.52. The molecule has 0 radical (unpaired) electrons. The minimum absolute atomic E-state index is 0.0156. The van der Waals surface area contributed by atoms with Crippen LogP contribution < -0.4 is 15.8 Å². The van der Waals surface area contributed by atoms with E-state index in [4.69, 9.17) is 10.5 Å². The van der Waals surface area contributed by atoms with Gasteiger partial charge in [0.15, 0.2) is 34.7 Å². The second kappa shape index (κ2) is 9.25. The largest absolute Gasteiger partial charge is 0.507 e. The van der Waals surface area contributed by atoms with Crippen molar-refractivity contribution in [3.63, 3.8) is 0 Å². The molecule has 1 aromatic rings. The fourth-order valence-corrected chi connectivity index (χ4v) is 6.46. The SMILES string of the molecule is COc1c(CNC(C)(C)C)cc(O)c2c1C[C@H]1C[C@H]3[C@H](N(C)C)C(=O)C(C(N)=O)C(=O)[C@@]3(O)C(=O)C1C2=O. The number of hydrogen-bond acceptors (Lipinski definition) is 10. The van der Waals surface area contributed by atoms with E-state index in [1.807, 2.05) is 20.8 Å². The van der Waals surface area contributed by atoms with Crippen LogP contribution in [0.4, 0.5) is 0 Å². The van der Waals surface area contributed by atoms with E-state index in [0.29, 0.717) is 23.4 Å². The molecule has 4 rings (SSSR count). The number of nitrogens with one attached hydrogen (secondary N) is 1. The Morgan fingerprint density at radius 3 is 2.37 bits per heavy atom. The van der Waals surface area contributed by atoms with Gasteiger partial charge in [-0.1, -0.05) is 0 Å². The summed E-state index contributed by atoms with van der Waals surface area (Å²) in [6.07, 6.45) is 0.129. The molecule has 0 saturated heterocycles. The first kappa shape index (κ1) is 27.9. The standard InChI is InChI=1S/C27H35N3O8/c1-26(2,3)29-10-12-9-15(31)17-13(22(12)38-6)7-11-8-14-19(30(4)5)21(33)18(25(28)36)24(35)27(14,37)23(34)16(11)20(17)32/h9,11,14,16,18-19,29,31,37H,7-8,10H2,1-6H3,(H2,28,36)/t11-,14-,16?,18?,19-,27-/m0/s1. The molecule has 0 spiro atoms. The van der Waals surface area contributed by atoms with Crippen molar-refractivity contribution in [2.45, 2.75) is 57.3 Å². The summed E-state index contributed by atoms with van der Waals surface area (Å²) >= 11 is 0. The van der Waals surface area contributed by atoms with Crippen LogP contribution in [0.1, 0.15) is 48.7 Å². The minimum atomic E-state index is -2.74. The summed E-state index contributed by atoms with van der Waals surface area (Å²) in [5, 5.41) is 25.8. The number of nitrogens with zero attached hydrogens (tertiary/aromatic N) is 1. The Kier molecular flexibility index (Phi) is 6.78. The highest BCUT2D eigenvalue weighted by Gasteiger charge is 2.69. The molecule has 1 aromatic carbocycles. The quantitative estimate of drug-likeness (QED) is 0.373. The number of primary amides is 1. The molecule has 2 fully saturated rings. The van der Waals surface area contributed by atoms with E-state index >= 15 is 0 Å². The molecule has 11 heteroatoms. The van der Waals surface area contributed by atoms with Gasteiger partial charge in [-0.05, 0) is 59.7 Å². The summed E-state index contributed by atoms with van der Waals surface area (Å²) < 4.78 is 5.67. The number of ether oxygens (including phenoxy) is 1. The number of fused-ring (bicyclic) bond motifs is 3. The molecule has 38 heavy (non-hydrogen) atoms. The van der Waals surface area contributed by atoms with Gasteiger partial charge in [-0.2, -0.15) is 0 Å². The number of phenols is 1. The smallest absolute Gasteiger partial charge is 0.235 e. The predicted molar refractivity (Wildman–Crippen MR) is 135 cm³/mol. The van der Waals surface area contributed by atoms with Crippen LogP contribution in [0.5, 0.6) is 11.5 Å². The number of methoxy groups -OCH3 is 1. The number of benzene rings is 1. The Morgan fingerprint density at radius 2 is 1.84 bits per heavy atom. The van der Waals surface area contributed by atoms with Crippen LogP contribution >= 0.6 is 0 Å². The van der Waals surface area contributed by atoms with Crippen LogP contribution in [-0.4, -0.2) is 82.5 Å². The lowest BCUT2D eigenvalue weighted by atomic mass is 9.52. The molecule has 0 aromatic heterocycles. The van der Waals surface area contributed by atoms with Crippen LogP contribution in [0, 0.1) is 23.7 Å². The van der Waals surface area contributed by atoms with Gasteiger partial charge in [0.1, 0.15) is 11.5 Å². The molecular weight excluding hydrogens is 494 g/mol. The summed E-state index contributed by atoms with van der Waals surface area (Å²) in [4.78, 5) is 67.6. The van der Waals surface area contributed by atoms with Crippen molar-refractivity contribution < 1.29 is 38.9 Å². The number of phenolic OH excluding ortho intramolecular Hbond substituents is 1. The number of carbonyl (C=O) groups excluding carboxylic acids is 5. The van der Waals surface area contributed by atoms with Gasteiger partial charge in [0.2, 0.25) is 5.91 Å². The molecule has 3 aliphatic rings. The second-order valence-electron chi connectivity index (χ2n) is 11.8. The third kappa shape index (κ3) is 4.04. The van der Waals surface area contributed by atoms with E-state index in [1.54, 1.807) is 14.1 Å². The minimum Gasteiger partial charge on any atom is -0.507 e. The second-order valence-corrected chi connectivity index (χ2v) is 11.8. The number of nitrogens with two attached hydrogens (primary N) is 1. The van der Waals surface area contributed by atoms with Crippen molar-refractivity contribution in [3.8, 4) is 11.5 Å². The van der Waals surface area contributed by atoms with Gasteiger partial charge in [-0.3, -0.25) is 28.9 Å². The molecule has 5 N–H and O–H groups in total. The number of ketones is 4. The van der Waals surface area contributed by atoms with Gasteiger partial charge < -0.3 is 26.0 Å². The summed E-state index contributed by atoms with van der Waals surface area (Å²) in [7, 11) is 4.55. The zero-order valence-corrected chi connectivity index (χ0v) is 22.5. The zero-order valence-electron chi connectivity index (χ0n) is 22.5. The summed E-state index contributed by atoms with van der Waals surface area (Å²) in [5.41, 5.74) is 3.33. The van der Waals surface area contributed by atoms with Crippen LogP contribution in [0.2, 0.25) is 0 Å². The number of amides is 1. The Labute approximate surface area is 220 Å². The first-order valence-corrected chi connectivity index (χ1v) is 12.6. The lowest BCUT2D eigenvalue weighted by Crippen LogP contribution is -2.74. The maximum Gasteiger partial charge on any atom is 0.235 e. The van der Waals surface area contributed by atoms with E-state index in [0.717, 1.165) is 0 Å². The van der Waals surface area contributed by atoms with Gasteiger partial charge in [0.25, 0.3) is 0 Å². The molecule has 1 amide bonds. The number of carbonyl (C=O) groups is 5. The van der Waals surface area contributed by atoms with E-state index in [-0.39, 0.29) is 29.7 Å². The van der Waals surface area contributed by atoms with Crippen molar-refractivity contribution >= 4 is 29.0 Å². The van der Waals surface area contributed by atoms with Gasteiger partial charge in [-0.25, -0.2) is 0 Å². The third-order valence-electron chi connectivity index (χ3n) is 8.10. The molecule has 3 aliphatic carbocycles. The van der Waals surface area contributed by atoms with Crippen LogP contribution in [0.3, 0.4) is 0 Å². The monoisotopic (exact) mass is 529 g/mol. The fraction of sp³-hybridized carbons (Fsp3) is 0.593. The van der Waals surface area contributed by atoms with Crippen molar-refractivity contribution in [1.29, 1.82) is 0 Å². The molecule has 0 bridgehead atoms. The highest BCUT2D eigenvalue weighted by atomic mass is 16.5. The molecule has 0 heterocycles. The van der Waals surface area contributed by atoms with E-state index in [9.17, 15) is 34.2 Å². The molecule has 2 unspecified atom stereocenters. The van der Waals surface area contributed by atoms with Crippen LogP contribution in [0.15, 0.2) is 6.07 Å². The number of aliphatic hydroxyl groups is 1. The summed E-state index contributed by atoms with van der Waals surface area (Å²) in [6.45, 7) is 6.30. The maximum atomic E-state index is 13.8. The molecule has 2 saturated carbocycles. The van der Waals surface area contributed by atoms with Crippen molar-refractivity contribution in [1.82, 2.24) is 10.2 Å². The topological polar surface area (TPSA) is 176 Å². The molecule has 6 atom stereocenters. The number of hydrogen-bond donors (Lipinski definition) is 4. The van der Waals surface area contributed by atoms with Crippen LogP contribution in [-0.2, 0) is 32.1 Å². The van der Waals surface area contributed by atoms with Gasteiger partial charge in [-0.15, -0.1) is 0 Å². The number of Topliss-reactive ketones (excluding diaryl/α,β-unsaturated/α-hetero) is 4. The van der Waals surface area contributed by atoms with E-state index in [2.05, 4.69) is 5.32 Å². The average Bonchev–Trinajstić information content (AvgIpc) is 2.79. The van der Waals surface area contributed by atoms with Crippen molar-refractivity contribution in [2.24, 2.45) is 29.4 Å². The summed E-state index contributed by atoms with van der Waals surface area (Å²) in [6, 6.07) is 0.268. The maximum absolute atomic E-state index is 13.8. The highest BCUT2D eigenvalue weighted by molar-refractivity contribution is 6.32. The Hall–Kier alpha value is -3.15. The fourth-order valence-electron chi connectivity index (χ4n) is 6.46. The number of likely N-dealkylation sites (N-methyl/N-ethyl adjacent to an activating group) is 1. The average molecular weight is 530 g/mol. The molecule has 0 aliphatic heterocycles. The predicted octanol–water partition coefficient (Wildman–Crippen LogP) is -0.236. The lowest BCUT2D eigenvalue weighted by Gasteiger charge is -2.52. The van der Waals surface area contributed by atoms with Gasteiger partial charge in [0.05, 0.1) is 24.6 Å². The van der Waals surface area contributed by atoms with E-state index < -0.39 is 64.4 Å². The normalized spacial score (nSPS) is 31.1. The number of aromatic hydroxyl groups is 1. The first-order chi connectivity index (χ1) is 17.6. The van der Waals surface area contributed by atoms with E-state index in [1.165, 1.54) is 18.1 Å². The molecule has 206 valence electrons. The lowest BCUT2D eigenvalue weighted by molar-refractivity contribution is -0.181. The molecule has 11 nitrogen and oxygen atoms in total.